The molecular formula is C23H25N3O3. The molecule has 150 valence electrons. The standard InChI is InChI=1S/C23H25N3O3/c1-18-6-5-9-23(29)26(18)15-12-22(28)25(16-19-10-13-24-14-11-19)17-21(27)20-7-3-2-4-8-20/h2-11,13-14,21,27H,12,15-17H2,1H3/t21-/m0/s1. The monoisotopic (exact) mass is 391 g/mol. The van der Waals surface area contributed by atoms with Crippen LogP contribution in [0.4, 0.5) is 0 Å². The van der Waals surface area contributed by atoms with Crippen molar-refractivity contribution in [2.75, 3.05) is 6.54 Å². The minimum Gasteiger partial charge on any atom is -0.387 e. The molecule has 0 fully saturated rings. The molecule has 0 saturated carbocycles. The van der Waals surface area contributed by atoms with Gasteiger partial charge >= 0.3 is 0 Å². The van der Waals surface area contributed by atoms with Crippen LogP contribution in [0.25, 0.3) is 0 Å². The fraction of sp³-hybridized carbons (Fsp3) is 0.261. The molecule has 1 atom stereocenters. The summed E-state index contributed by atoms with van der Waals surface area (Å²) in [6.07, 6.45) is 2.75. The van der Waals surface area contributed by atoms with Crippen molar-refractivity contribution in [3.05, 3.63) is 100 Å². The maximum absolute atomic E-state index is 13.0. The van der Waals surface area contributed by atoms with Gasteiger partial charge in [0.2, 0.25) is 5.91 Å². The van der Waals surface area contributed by atoms with Gasteiger partial charge in [-0.3, -0.25) is 14.6 Å². The molecule has 2 aromatic heterocycles. The zero-order valence-corrected chi connectivity index (χ0v) is 16.4. The van der Waals surface area contributed by atoms with Crippen LogP contribution in [0.5, 0.6) is 0 Å². The summed E-state index contributed by atoms with van der Waals surface area (Å²) < 4.78 is 1.59. The number of carbonyl (C=O) groups is 1. The summed E-state index contributed by atoms with van der Waals surface area (Å²) in [5.41, 5.74) is 2.38. The van der Waals surface area contributed by atoms with Crippen LogP contribution in [-0.2, 0) is 17.9 Å². The Bertz CT molecular complexity index is 987. The largest absolute Gasteiger partial charge is 0.387 e. The normalized spacial score (nSPS) is 11.8. The van der Waals surface area contributed by atoms with E-state index in [-0.39, 0.29) is 24.4 Å². The topological polar surface area (TPSA) is 75.4 Å². The molecule has 0 unspecified atom stereocenters. The van der Waals surface area contributed by atoms with Crippen molar-refractivity contribution in [1.82, 2.24) is 14.5 Å². The summed E-state index contributed by atoms with van der Waals surface area (Å²) in [6.45, 7) is 2.69. The van der Waals surface area contributed by atoms with Gasteiger partial charge in [-0.1, -0.05) is 36.4 Å². The lowest BCUT2D eigenvalue weighted by molar-refractivity contribution is -0.133. The third-order valence-electron chi connectivity index (χ3n) is 4.87. The second-order valence-corrected chi connectivity index (χ2v) is 6.96. The summed E-state index contributed by atoms with van der Waals surface area (Å²) in [6, 6.07) is 18.0. The Morgan fingerprint density at radius 3 is 2.48 bits per heavy atom. The summed E-state index contributed by atoms with van der Waals surface area (Å²) in [4.78, 5) is 30.7. The highest BCUT2D eigenvalue weighted by Crippen LogP contribution is 2.16. The predicted octanol–water partition coefficient (Wildman–Crippen LogP) is 2.70. The van der Waals surface area contributed by atoms with E-state index in [1.54, 1.807) is 27.9 Å². The van der Waals surface area contributed by atoms with E-state index in [0.717, 1.165) is 16.8 Å². The SMILES string of the molecule is Cc1cccc(=O)n1CCC(=O)N(Cc1ccncc1)C[C@H](O)c1ccccc1. The van der Waals surface area contributed by atoms with Gasteiger partial charge < -0.3 is 14.6 Å². The molecule has 0 aliphatic rings. The highest BCUT2D eigenvalue weighted by molar-refractivity contribution is 5.76. The molecule has 0 radical (unpaired) electrons. The van der Waals surface area contributed by atoms with Crippen molar-refractivity contribution in [2.24, 2.45) is 0 Å². The Balaban J connectivity index is 1.74. The van der Waals surface area contributed by atoms with Crippen molar-refractivity contribution in [1.29, 1.82) is 0 Å². The first-order valence-electron chi connectivity index (χ1n) is 9.61. The van der Waals surface area contributed by atoms with Crippen LogP contribution < -0.4 is 5.56 Å². The van der Waals surface area contributed by atoms with E-state index in [4.69, 9.17) is 0 Å². The van der Waals surface area contributed by atoms with E-state index in [2.05, 4.69) is 4.98 Å². The molecule has 2 heterocycles. The van der Waals surface area contributed by atoms with Crippen LogP contribution >= 0.6 is 0 Å². The van der Waals surface area contributed by atoms with Gasteiger partial charge in [0.15, 0.2) is 0 Å². The number of aryl methyl sites for hydroxylation is 1. The van der Waals surface area contributed by atoms with Crippen molar-refractivity contribution in [3.8, 4) is 0 Å². The van der Waals surface area contributed by atoms with Gasteiger partial charge in [-0.2, -0.15) is 0 Å². The van der Waals surface area contributed by atoms with Gasteiger partial charge in [0.1, 0.15) is 0 Å². The lowest BCUT2D eigenvalue weighted by Crippen LogP contribution is -2.35. The molecule has 6 nitrogen and oxygen atoms in total. The quantitative estimate of drug-likeness (QED) is 0.641. The number of hydrogen-bond donors (Lipinski definition) is 1. The van der Waals surface area contributed by atoms with Crippen LogP contribution in [-0.4, -0.2) is 32.0 Å². The van der Waals surface area contributed by atoms with Crippen molar-refractivity contribution in [3.63, 3.8) is 0 Å². The van der Waals surface area contributed by atoms with Gasteiger partial charge in [0.25, 0.3) is 5.56 Å². The molecule has 3 rings (SSSR count). The van der Waals surface area contributed by atoms with E-state index in [0.29, 0.717) is 13.1 Å². The molecule has 0 bridgehead atoms. The van der Waals surface area contributed by atoms with Crippen molar-refractivity contribution in [2.45, 2.75) is 32.5 Å². The van der Waals surface area contributed by atoms with Crippen LogP contribution in [0.1, 0.15) is 29.3 Å². The molecular weight excluding hydrogens is 366 g/mol. The molecule has 1 aromatic carbocycles. The van der Waals surface area contributed by atoms with Crippen LogP contribution in [0.2, 0.25) is 0 Å². The van der Waals surface area contributed by atoms with Gasteiger partial charge in [-0.25, -0.2) is 0 Å². The Morgan fingerprint density at radius 2 is 1.79 bits per heavy atom. The number of carbonyl (C=O) groups excluding carboxylic acids is 1. The van der Waals surface area contributed by atoms with E-state index in [1.807, 2.05) is 55.5 Å². The number of hydrogen-bond acceptors (Lipinski definition) is 4. The number of rotatable bonds is 8. The highest BCUT2D eigenvalue weighted by atomic mass is 16.3. The van der Waals surface area contributed by atoms with E-state index >= 15 is 0 Å². The Kier molecular flexibility index (Phi) is 6.92. The number of benzene rings is 1. The lowest BCUT2D eigenvalue weighted by atomic mass is 10.1. The highest BCUT2D eigenvalue weighted by Gasteiger charge is 2.19. The van der Waals surface area contributed by atoms with Gasteiger partial charge in [0.05, 0.1) is 12.6 Å². The zero-order valence-electron chi connectivity index (χ0n) is 16.4. The first-order chi connectivity index (χ1) is 14.0. The second-order valence-electron chi connectivity index (χ2n) is 6.96. The molecule has 0 aliphatic heterocycles. The van der Waals surface area contributed by atoms with Crippen molar-refractivity contribution >= 4 is 5.91 Å². The van der Waals surface area contributed by atoms with E-state index < -0.39 is 6.10 Å². The van der Waals surface area contributed by atoms with Gasteiger partial charge in [0, 0.05) is 43.7 Å². The summed E-state index contributed by atoms with van der Waals surface area (Å²) in [7, 11) is 0. The Morgan fingerprint density at radius 1 is 1.07 bits per heavy atom. The Labute approximate surface area is 170 Å². The molecule has 3 aromatic rings. The molecule has 1 N–H and O–H groups in total. The molecule has 29 heavy (non-hydrogen) atoms. The minimum absolute atomic E-state index is 0.119. The number of aliphatic hydroxyl groups excluding tert-OH is 1. The average molecular weight is 391 g/mol. The Hall–Kier alpha value is -3.25. The van der Waals surface area contributed by atoms with Gasteiger partial charge in [-0.05, 0) is 36.2 Å². The summed E-state index contributed by atoms with van der Waals surface area (Å²) in [5, 5.41) is 10.6. The molecule has 1 amide bonds. The minimum atomic E-state index is -0.789. The average Bonchev–Trinajstić information content (AvgIpc) is 2.74. The van der Waals surface area contributed by atoms with E-state index in [1.165, 1.54) is 6.07 Å². The first kappa shape index (κ1) is 20.5. The van der Waals surface area contributed by atoms with Crippen LogP contribution in [0.3, 0.4) is 0 Å². The third kappa shape index (κ3) is 5.62. The number of amides is 1. The predicted molar refractivity (Wildman–Crippen MR) is 111 cm³/mol. The maximum Gasteiger partial charge on any atom is 0.250 e. The van der Waals surface area contributed by atoms with Crippen LogP contribution in [0.15, 0.2) is 77.9 Å². The number of aliphatic hydroxyl groups is 1. The fourth-order valence-corrected chi connectivity index (χ4v) is 3.23. The zero-order chi connectivity index (χ0) is 20.6. The molecule has 0 aliphatic carbocycles. The second kappa shape index (κ2) is 9.80. The molecule has 0 saturated heterocycles. The molecule has 0 spiro atoms. The van der Waals surface area contributed by atoms with E-state index in [9.17, 15) is 14.7 Å². The first-order valence-corrected chi connectivity index (χ1v) is 9.61. The third-order valence-corrected chi connectivity index (χ3v) is 4.87. The van der Waals surface area contributed by atoms with Crippen LogP contribution in [0, 0.1) is 6.92 Å². The lowest BCUT2D eigenvalue weighted by Gasteiger charge is -2.26. The number of nitrogens with zero attached hydrogens (tertiary/aromatic N) is 3. The smallest absolute Gasteiger partial charge is 0.250 e. The maximum atomic E-state index is 13.0. The summed E-state index contributed by atoms with van der Waals surface area (Å²) >= 11 is 0. The van der Waals surface area contributed by atoms with Gasteiger partial charge in [-0.15, -0.1) is 0 Å². The number of aromatic nitrogens is 2. The summed E-state index contributed by atoms with van der Waals surface area (Å²) in [5.74, 6) is -0.119. The number of pyridine rings is 2. The fourth-order valence-electron chi connectivity index (χ4n) is 3.23. The molecule has 6 heteroatoms. The van der Waals surface area contributed by atoms with Crippen molar-refractivity contribution < 1.29 is 9.90 Å².